The zero-order chi connectivity index (χ0) is 14.3. The fourth-order valence-electron chi connectivity index (χ4n) is 1.72. The average molecular weight is 372 g/mol. The summed E-state index contributed by atoms with van der Waals surface area (Å²) in [4.78, 5) is 4.36. The fourth-order valence-corrected chi connectivity index (χ4v) is 2.87. The van der Waals surface area contributed by atoms with Gasteiger partial charge in [-0.05, 0) is 52.6 Å². The number of nitrogen functional groups attached to an aromatic ring is 1. The first-order valence-corrected chi connectivity index (χ1v) is 7.52. The van der Waals surface area contributed by atoms with Gasteiger partial charge in [-0.3, -0.25) is 0 Å². The Morgan fingerprint density at radius 3 is 2.85 bits per heavy atom. The molecule has 5 nitrogen and oxygen atoms in total. The second kappa shape index (κ2) is 5.16. The van der Waals surface area contributed by atoms with Gasteiger partial charge in [0.15, 0.2) is 0 Å². The molecule has 20 heavy (non-hydrogen) atoms. The van der Waals surface area contributed by atoms with E-state index in [1.54, 1.807) is 6.07 Å². The van der Waals surface area contributed by atoms with E-state index in [2.05, 4.69) is 30.4 Å². The Morgan fingerprint density at radius 1 is 1.40 bits per heavy atom. The molecule has 2 heterocycles. The first-order chi connectivity index (χ1) is 9.56. The number of halogens is 2. The van der Waals surface area contributed by atoms with Crippen LogP contribution in [0.3, 0.4) is 0 Å². The summed E-state index contributed by atoms with van der Waals surface area (Å²) in [6.07, 6.45) is 0. The molecule has 0 atom stereocenters. The average Bonchev–Trinajstić information content (AvgIpc) is 3.00. The van der Waals surface area contributed by atoms with E-state index in [1.165, 1.54) is 11.5 Å². The van der Waals surface area contributed by atoms with Gasteiger partial charge in [0.1, 0.15) is 5.00 Å². The van der Waals surface area contributed by atoms with Gasteiger partial charge in [-0.15, -0.1) is 0 Å². The number of hydrogen-bond acceptors (Lipinski definition) is 6. The Bertz CT molecular complexity index is 766. The van der Waals surface area contributed by atoms with Crippen LogP contribution in [-0.4, -0.2) is 14.5 Å². The number of rotatable bonds is 2. The summed E-state index contributed by atoms with van der Waals surface area (Å²) in [7, 11) is 0. The first-order valence-electron chi connectivity index (χ1n) is 5.57. The minimum Gasteiger partial charge on any atom is -0.389 e. The SMILES string of the molecule is Cc1nsc(N)c1-c1nc(-c2ccc(Cl)c(Br)c2)no1. The van der Waals surface area contributed by atoms with Crippen molar-refractivity contribution in [1.29, 1.82) is 0 Å². The van der Waals surface area contributed by atoms with Gasteiger partial charge in [-0.2, -0.15) is 9.36 Å². The number of hydrogen-bond donors (Lipinski definition) is 1. The molecule has 0 spiro atoms. The van der Waals surface area contributed by atoms with Crippen molar-refractivity contribution in [2.75, 3.05) is 5.73 Å². The molecule has 0 saturated heterocycles. The summed E-state index contributed by atoms with van der Waals surface area (Å²) in [5.74, 6) is 0.845. The molecule has 0 saturated carbocycles. The monoisotopic (exact) mass is 370 g/mol. The standard InChI is InChI=1S/C12H8BrClN4OS/c1-5-9(10(15)20-18-5)12-16-11(17-19-12)6-2-3-8(14)7(13)4-6/h2-4H,15H2,1H3. The van der Waals surface area contributed by atoms with Crippen molar-refractivity contribution in [1.82, 2.24) is 14.5 Å². The van der Waals surface area contributed by atoms with Crippen molar-refractivity contribution in [3.05, 3.63) is 33.4 Å². The number of aromatic nitrogens is 3. The number of anilines is 1. The molecule has 2 aromatic heterocycles. The highest BCUT2D eigenvalue weighted by Crippen LogP contribution is 2.33. The molecule has 3 rings (SSSR count). The summed E-state index contributed by atoms with van der Waals surface area (Å²) in [5.41, 5.74) is 8.14. The van der Waals surface area contributed by atoms with Crippen molar-refractivity contribution < 1.29 is 4.52 Å². The third-order valence-electron chi connectivity index (χ3n) is 2.71. The number of aryl methyl sites for hydroxylation is 1. The van der Waals surface area contributed by atoms with Gasteiger partial charge in [-0.1, -0.05) is 16.8 Å². The molecular weight excluding hydrogens is 364 g/mol. The highest BCUT2D eigenvalue weighted by molar-refractivity contribution is 9.10. The highest BCUT2D eigenvalue weighted by Gasteiger charge is 2.18. The molecule has 0 amide bonds. The van der Waals surface area contributed by atoms with Crippen molar-refractivity contribution in [3.8, 4) is 22.8 Å². The van der Waals surface area contributed by atoms with Crippen molar-refractivity contribution >= 4 is 44.1 Å². The minimum atomic E-state index is 0.370. The van der Waals surface area contributed by atoms with E-state index in [0.29, 0.717) is 27.3 Å². The van der Waals surface area contributed by atoms with Crippen LogP contribution in [-0.2, 0) is 0 Å². The van der Waals surface area contributed by atoms with Crippen LogP contribution < -0.4 is 5.73 Å². The van der Waals surface area contributed by atoms with Crippen LogP contribution in [0.5, 0.6) is 0 Å². The Balaban J connectivity index is 2.04. The van der Waals surface area contributed by atoms with Gasteiger partial charge in [0, 0.05) is 10.0 Å². The lowest BCUT2D eigenvalue weighted by Crippen LogP contribution is -1.87. The summed E-state index contributed by atoms with van der Waals surface area (Å²) < 4.78 is 10.2. The van der Waals surface area contributed by atoms with Crippen LogP contribution in [0.2, 0.25) is 5.02 Å². The van der Waals surface area contributed by atoms with Gasteiger partial charge in [0.05, 0.1) is 16.3 Å². The number of benzene rings is 1. The second-order valence-corrected chi connectivity index (χ2v) is 6.13. The summed E-state index contributed by atoms with van der Waals surface area (Å²) in [6.45, 7) is 1.85. The quantitative estimate of drug-likeness (QED) is 0.731. The summed E-state index contributed by atoms with van der Waals surface area (Å²) in [5, 5.41) is 5.16. The zero-order valence-corrected chi connectivity index (χ0v) is 13.4. The van der Waals surface area contributed by atoms with Gasteiger partial charge in [0.25, 0.3) is 5.89 Å². The van der Waals surface area contributed by atoms with Crippen LogP contribution in [0.25, 0.3) is 22.8 Å². The lowest BCUT2D eigenvalue weighted by atomic mass is 10.2. The molecule has 8 heteroatoms. The summed E-state index contributed by atoms with van der Waals surface area (Å²) in [6, 6.07) is 5.42. The van der Waals surface area contributed by atoms with Gasteiger partial charge >= 0.3 is 0 Å². The lowest BCUT2D eigenvalue weighted by molar-refractivity contribution is 0.432. The number of nitrogens with zero attached hydrogens (tertiary/aromatic N) is 3. The third-order valence-corrected chi connectivity index (χ3v) is 4.69. The first kappa shape index (κ1) is 13.5. The van der Waals surface area contributed by atoms with Crippen LogP contribution in [0.4, 0.5) is 5.00 Å². The Kier molecular flexibility index (Phi) is 3.49. The van der Waals surface area contributed by atoms with Crippen LogP contribution in [0.15, 0.2) is 27.2 Å². The van der Waals surface area contributed by atoms with Crippen molar-refractivity contribution in [3.63, 3.8) is 0 Å². The maximum absolute atomic E-state index is 5.96. The van der Waals surface area contributed by atoms with E-state index in [0.717, 1.165) is 15.7 Å². The molecule has 0 aliphatic rings. The minimum absolute atomic E-state index is 0.370. The maximum Gasteiger partial charge on any atom is 0.263 e. The highest BCUT2D eigenvalue weighted by atomic mass is 79.9. The van der Waals surface area contributed by atoms with E-state index in [-0.39, 0.29) is 0 Å². The number of nitrogens with two attached hydrogens (primary N) is 1. The van der Waals surface area contributed by atoms with Gasteiger partial charge < -0.3 is 10.3 Å². The van der Waals surface area contributed by atoms with E-state index in [9.17, 15) is 0 Å². The molecule has 0 aliphatic heterocycles. The van der Waals surface area contributed by atoms with E-state index in [1.807, 2.05) is 19.1 Å². The molecular formula is C12H8BrClN4OS. The zero-order valence-electron chi connectivity index (χ0n) is 10.2. The molecule has 2 N–H and O–H groups in total. The second-order valence-electron chi connectivity index (χ2n) is 4.06. The Hall–Kier alpha value is -1.44. The van der Waals surface area contributed by atoms with Gasteiger partial charge in [0.2, 0.25) is 5.82 Å². The molecule has 1 aromatic carbocycles. The molecule has 3 aromatic rings. The Morgan fingerprint density at radius 2 is 2.20 bits per heavy atom. The fraction of sp³-hybridized carbons (Fsp3) is 0.0833. The lowest BCUT2D eigenvalue weighted by Gasteiger charge is -1.97. The van der Waals surface area contributed by atoms with Crippen molar-refractivity contribution in [2.24, 2.45) is 0 Å². The summed E-state index contributed by atoms with van der Waals surface area (Å²) >= 11 is 10.5. The van der Waals surface area contributed by atoms with Crippen LogP contribution in [0.1, 0.15) is 5.69 Å². The molecule has 0 unspecified atom stereocenters. The third kappa shape index (κ3) is 2.32. The van der Waals surface area contributed by atoms with Gasteiger partial charge in [-0.25, -0.2) is 0 Å². The predicted octanol–water partition coefficient (Wildman–Crippen LogP) is 4.17. The topological polar surface area (TPSA) is 77.8 Å². The van der Waals surface area contributed by atoms with E-state index in [4.69, 9.17) is 21.9 Å². The Labute approximate surface area is 132 Å². The molecule has 0 fully saturated rings. The van der Waals surface area contributed by atoms with E-state index < -0.39 is 0 Å². The van der Waals surface area contributed by atoms with Crippen molar-refractivity contribution in [2.45, 2.75) is 6.92 Å². The van der Waals surface area contributed by atoms with E-state index >= 15 is 0 Å². The predicted molar refractivity (Wildman–Crippen MR) is 82.7 cm³/mol. The van der Waals surface area contributed by atoms with Crippen LogP contribution in [0, 0.1) is 6.92 Å². The van der Waals surface area contributed by atoms with Crippen LogP contribution >= 0.6 is 39.1 Å². The maximum atomic E-state index is 5.96. The molecule has 0 aliphatic carbocycles. The smallest absolute Gasteiger partial charge is 0.263 e. The normalized spacial score (nSPS) is 10.9. The largest absolute Gasteiger partial charge is 0.389 e. The molecule has 102 valence electrons. The molecule has 0 bridgehead atoms. The molecule has 0 radical (unpaired) electrons.